The van der Waals surface area contributed by atoms with Crippen LogP contribution in [-0.4, -0.2) is 17.3 Å². The zero-order valence-electron chi connectivity index (χ0n) is 9.16. The summed E-state index contributed by atoms with van der Waals surface area (Å²) in [5, 5.41) is 9.76. The summed E-state index contributed by atoms with van der Waals surface area (Å²) in [6.45, 7) is 4.32. The fourth-order valence-corrected chi connectivity index (χ4v) is 2.03. The molecule has 0 saturated carbocycles. The summed E-state index contributed by atoms with van der Waals surface area (Å²) in [5.74, 6) is 0.820. The van der Waals surface area contributed by atoms with Gasteiger partial charge in [0, 0.05) is 18.5 Å². The number of hydrogen-bond acceptors (Lipinski definition) is 3. The predicted octanol–water partition coefficient (Wildman–Crippen LogP) is 1.39. The largest absolute Gasteiger partial charge is 0.487 e. The van der Waals surface area contributed by atoms with Crippen LogP contribution in [0.4, 0.5) is 0 Å². The van der Waals surface area contributed by atoms with Crippen molar-refractivity contribution in [3.8, 4) is 5.75 Å². The Balaban J connectivity index is 2.41. The van der Waals surface area contributed by atoms with E-state index in [1.807, 2.05) is 32.0 Å². The summed E-state index contributed by atoms with van der Waals surface area (Å²) in [5.41, 5.74) is 7.25. The normalized spacial score (nSPS) is 19.5. The summed E-state index contributed by atoms with van der Waals surface area (Å²) >= 11 is 0. The lowest BCUT2D eigenvalue weighted by molar-refractivity contribution is 0.127. The monoisotopic (exact) mass is 207 g/mol. The Kier molecular flexibility index (Phi) is 2.44. The van der Waals surface area contributed by atoms with E-state index in [0.29, 0.717) is 0 Å². The highest BCUT2D eigenvalue weighted by molar-refractivity contribution is 5.46. The van der Waals surface area contributed by atoms with E-state index in [0.717, 1.165) is 23.3 Å². The molecule has 15 heavy (non-hydrogen) atoms. The zero-order valence-corrected chi connectivity index (χ0v) is 9.16. The van der Waals surface area contributed by atoms with Crippen molar-refractivity contribution in [2.45, 2.75) is 32.0 Å². The molecule has 82 valence electrons. The van der Waals surface area contributed by atoms with E-state index in [-0.39, 0.29) is 12.1 Å². The lowest BCUT2D eigenvalue weighted by Crippen LogP contribution is -2.25. The molecule has 0 aliphatic carbocycles. The summed E-state index contributed by atoms with van der Waals surface area (Å²) in [4.78, 5) is 0. The zero-order chi connectivity index (χ0) is 11.1. The quantitative estimate of drug-likeness (QED) is 0.770. The Bertz CT molecular complexity index is 374. The van der Waals surface area contributed by atoms with Crippen molar-refractivity contribution in [1.29, 1.82) is 0 Å². The summed E-state index contributed by atoms with van der Waals surface area (Å²) in [7, 11) is 0. The van der Waals surface area contributed by atoms with E-state index in [9.17, 15) is 5.11 Å². The van der Waals surface area contributed by atoms with E-state index < -0.39 is 6.10 Å². The molecule has 3 nitrogen and oxygen atoms in total. The molecule has 0 fully saturated rings. The van der Waals surface area contributed by atoms with Crippen molar-refractivity contribution in [2.24, 2.45) is 5.73 Å². The Hall–Kier alpha value is -1.06. The second-order valence-corrected chi connectivity index (χ2v) is 4.63. The Morgan fingerprint density at radius 1 is 1.53 bits per heavy atom. The number of hydrogen-bond donors (Lipinski definition) is 2. The molecule has 0 radical (unpaired) electrons. The smallest absolute Gasteiger partial charge is 0.129 e. The number of fused-ring (bicyclic) bond motifs is 1. The fraction of sp³-hybridized carbons (Fsp3) is 0.500. The molecule has 2 rings (SSSR count). The average molecular weight is 207 g/mol. The first-order valence-electron chi connectivity index (χ1n) is 5.22. The number of rotatable bonds is 2. The molecule has 3 heteroatoms. The molecule has 0 saturated heterocycles. The number of aliphatic hydroxyl groups excluding tert-OH is 1. The first-order valence-corrected chi connectivity index (χ1v) is 5.22. The minimum atomic E-state index is -0.631. The standard InChI is InChI=1S/C12H17NO2/c1-12(2)6-8-4-3-5-9(10(14)7-13)11(8)15-12/h3-5,10,14H,6-7,13H2,1-2H3. The third kappa shape index (κ3) is 1.85. The van der Waals surface area contributed by atoms with Gasteiger partial charge in [-0.05, 0) is 19.4 Å². The topological polar surface area (TPSA) is 55.5 Å². The molecular weight excluding hydrogens is 190 g/mol. The van der Waals surface area contributed by atoms with Crippen LogP contribution in [0.1, 0.15) is 31.1 Å². The summed E-state index contributed by atoms with van der Waals surface area (Å²) < 4.78 is 5.83. The second kappa shape index (κ2) is 3.51. The van der Waals surface area contributed by atoms with Gasteiger partial charge in [-0.1, -0.05) is 18.2 Å². The Morgan fingerprint density at radius 2 is 2.27 bits per heavy atom. The number of ether oxygens (including phenoxy) is 1. The van der Waals surface area contributed by atoms with Crippen LogP contribution in [-0.2, 0) is 6.42 Å². The van der Waals surface area contributed by atoms with E-state index in [2.05, 4.69) is 0 Å². The van der Waals surface area contributed by atoms with Crippen LogP contribution < -0.4 is 10.5 Å². The van der Waals surface area contributed by atoms with Gasteiger partial charge < -0.3 is 15.6 Å². The number of aliphatic hydroxyl groups is 1. The van der Waals surface area contributed by atoms with Gasteiger partial charge in [0.1, 0.15) is 11.4 Å². The van der Waals surface area contributed by atoms with Crippen molar-refractivity contribution in [3.63, 3.8) is 0 Å². The summed E-state index contributed by atoms with van der Waals surface area (Å²) in [6, 6.07) is 5.85. The molecule has 1 aliphatic heterocycles. The first kappa shape index (κ1) is 10.5. The maximum atomic E-state index is 9.76. The number of nitrogens with two attached hydrogens (primary N) is 1. The van der Waals surface area contributed by atoms with Crippen LogP contribution in [0.5, 0.6) is 5.75 Å². The molecule has 0 aromatic heterocycles. The summed E-state index contributed by atoms with van der Waals surface area (Å²) in [6.07, 6.45) is 0.252. The lowest BCUT2D eigenvalue weighted by Gasteiger charge is -2.19. The van der Waals surface area contributed by atoms with Gasteiger partial charge in [-0.3, -0.25) is 0 Å². The molecule has 3 N–H and O–H groups in total. The highest BCUT2D eigenvalue weighted by atomic mass is 16.5. The maximum Gasteiger partial charge on any atom is 0.129 e. The maximum absolute atomic E-state index is 9.76. The molecule has 0 amide bonds. The highest BCUT2D eigenvalue weighted by Gasteiger charge is 2.32. The molecule has 1 unspecified atom stereocenters. The molecule has 0 bridgehead atoms. The van der Waals surface area contributed by atoms with Gasteiger partial charge in [-0.2, -0.15) is 0 Å². The molecule has 1 aliphatic rings. The van der Waals surface area contributed by atoms with Crippen LogP contribution in [0, 0.1) is 0 Å². The predicted molar refractivity (Wildman–Crippen MR) is 58.9 cm³/mol. The van der Waals surface area contributed by atoms with Gasteiger partial charge >= 0.3 is 0 Å². The van der Waals surface area contributed by atoms with Gasteiger partial charge in [0.25, 0.3) is 0 Å². The van der Waals surface area contributed by atoms with Crippen LogP contribution in [0.25, 0.3) is 0 Å². The third-order valence-electron chi connectivity index (χ3n) is 2.70. The van der Waals surface area contributed by atoms with Gasteiger partial charge in [0.15, 0.2) is 0 Å². The van der Waals surface area contributed by atoms with Crippen LogP contribution in [0.3, 0.4) is 0 Å². The Morgan fingerprint density at radius 3 is 2.93 bits per heavy atom. The van der Waals surface area contributed by atoms with Crippen LogP contribution in [0.2, 0.25) is 0 Å². The first-order chi connectivity index (χ1) is 7.03. The molecule has 0 spiro atoms. The third-order valence-corrected chi connectivity index (χ3v) is 2.70. The average Bonchev–Trinajstić information content (AvgIpc) is 2.49. The van der Waals surface area contributed by atoms with Gasteiger partial charge in [0.2, 0.25) is 0 Å². The molecule has 1 aromatic carbocycles. The number of benzene rings is 1. The van der Waals surface area contributed by atoms with Crippen LogP contribution in [0.15, 0.2) is 18.2 Å². The minimum Gasteiger partial charge on any atom is -0.487 e. The Labute approximate surface area is 89.9 Å². The van der Waals surface area contributed by atoms with Crippen molar-refractivity contribution >= 4 is 0 Å². The van der Waals surface area contributed by atoms with Crippen molar-refractivity contribution in [1.82, 2.24) is 0 Å². The van der Waals surface area contributed by atoms with E-state index in [1.165, 1.54) is 0 Å². The molecular formula is C12H17NO2. The minimum absolute atomic E-state index is 0.174. The van der Waals surface area contributed by atoms with Crippen molar-refractivity contribution < 1.29 is 9.84 Å². The number of para-hydroxylation sites is 1. The SMILES string of the molecule is CC1(C)Cc2cccc(C(O)CN)c2O1. The van der Waals surface area contributed by atoms with E-state index >= 15 is 0 Å². The lowest BCUT2D eigenvalue weighted by atomic mass is 9.99. The van der Waals surface area contributed by atoms with Gasteiger partial charge in [-0.25, -0.2) is 0 Å². The van der Waals surface area contributed by atoms with Crippen molar-refractivity contribution in [3.05, 3.63) is 29.3 Å². The molecule has 1 atom stereocenters. The van der Waals surface area contributed by atoms with Crippen molar-refractivity contribution in [2.75, 3.05) is 6.54 Å². The highest BCUT2D eigenvalue weighted by Crippen LogP contribution is 2.39. The molecule has 1 heterocycles. The molecule has 1 aromatic rings. The van der Waals surface area contributed by atoms with Gasteiger partial charge in [-0.15, -0.1) is 0 Å². The van der Waals surface area contributed by atoms with Gasteiger partial charge in [0.05, 0.1) is 6.10 Å². The van der Waals surface area contributed by atoms with E-state index in [4.69, 9.17) is 10.5 Å². The second-order valence-electron chi connectivity index (χ2n) is 4.63. The van der Waals surface area contributed by atoms with Crippen LogP contribution >= 0.6 is 0 Å². The fourth-order valence-electron chi connectivity index (χ4n) is 2.03. The van der Waals surface area contributed by atoms with E-state index in [1.54, 1.807) is 0 Å².